The van der Waals surface area contributed by atoms with E-state index in [9.17, 15) is 0 Å². The van der Waals surface area contributed by atoms with E-state index >= 15 is 0 Å². The van der Waals surface area contributed by atoms with Crippen LogP contribution in [0.2, 0.25) is 0 Å². The van der Waals surface area contributed by atoms with E-state index in [1.165, 1.54) is 38.5 Å². The van der Waals surface area contributed by atoms with Gasteiger partial charge >= 0.3 is 0 Å². The van der Waals surface area contributed by atoms with Crippen molar-refractivity contribution in [3.63, 3.8) is 0 Å². The van der Waals surface area contributed by atoms with Crippen molar-refractivity contribution in [1.29, 1.82) is 0 Å². The highest BCUT2D eigenvalue weighted by molar-refractivity contribution is 4.80. The third-order valence-electron chi connectivity index (χ3n) is 4.23. The van der Waals surface area contributed by atoms with Gasteiger partial charge in [-0.3, -0.25) is 0 Å². The molecule has 0 bridgehead atoms. The van der Waals surface area contributed by atoms with E-state index in [0.717, 1.165) is 18.5 Å². The molecule has 2 rings (SSSR count). The number of hydrogen-bond acceptors (Lipinski definition) is 2. The molecule has 1 N–H and O–H groups in total. The first-order valence-electron chi connectivity index (χ1n) is 7.49. The molecule has 1 saturated carbocycles. The van der Waals surface area contributed by atoms with Crippen LogP contribution in [0.25, 0.3) is 0 Å². The molecule has 18 heavy (non-hydrogen) atoms. The van der Waals surface area contributed by atoms with Gasteiger partial charge < -0.3 is 9.88 Å². The maximum atomic E-state index is 4.09. The molecular weight excluding hydrogens is 222 g/mol. The van der Waals surface area contributed by atoms with Gasteiger partial charge in [0, 0.05) is 31.0 Å². The van der Waals surface area contributed by atoms with Gasteiger partial charge in [0.2, 0.25) is 0 Å². The van der Waals surface area contributed by atoms with Crippen molar-refractivity contribution in [2.24, 2.45) is 5.92 Å². The fraction of sp³-hybridized carbons (Fsp3) is 0.800. The van der Waals surface area contributed by atoms with E-state index in [0.29, 0.717) is 6.04 Å². The molecule has 3 atom stereocenters. The van der Waals surface area contributed by atoms with Crippen LogP contribution in [0, 0.1) is 5.92 Å². The summed E-state index contributed by atoms with van der Waals surface area (Å²) in [6, 6.07) is 1.25. The van der Waals surface area contributed by atoms with Gasteiger partial charge in [-0.1, -0.05) is 26.2 Å². The molecule has 0 saturated heterocycles. The van der Waals surface area contributed by atoms with Gasteiger partial charge in [-0.25, -0.2) is 4.98 Å². The Morgan fingerprint density at radius 3 is 2.94 bits per heavy atom. The van der Waals surface area contributed by atoms with Crippen LogP contribution in [0.5, 0.6) is 0 Å². The zero-order valence-electron chi connectivity index (χ0n) is 11.8. The fourth-order valence-corrected chi connectivity index (χ4v) is 3.12. The Labute approximate surface area is 111 Å². The minimum atomic E-state index is 0.530. The number of nitrogens with zero attached hydrogens (tertiary/aromatic N) is 2. The SMILES string of the molecule is CCC1CCCC(NC(C)Cn2ccnc2)CC1. The van der Waals surface area contributed by atoms with Crippen molar-refractivity contribution in [3.05, 3.63) is 18.7 Å². The molecule has 1 heterocycles. The predicted octanol–water partition coefficient (Wildman–Crippen LogP) is 3.22. The standard InChI is InChI=1S/C15H27N3/c1-3-14-5-4-6-15(8-7-14)17-13(2)11-18-10-9-16-12-18/h9-10,12-15,17H,3-8,11H2,1-2H3. The van der Waals surface area contributed by atoms with E-state index < -0.39 is 0 Å². The van der Waals surface area contributed by atoms with Crippen molar-refractivity contribution in [2.75, 3.05) is 0 Å². The summed E-state index contributed by atoms with van der Waals surface area (Å²) in [5, 5.41) is 3.79. The Hall–Kier alpha value is -0.830. The Morgan fingerprint density at radius 1 is 1.33 bits per heavy atom. The maximum Gasteiger partial charge on any atom is 0.0946 e. The zero-order valence-corrected chi connectivity index (χ0v) is 11.8. The minimum Gasteiger partial charge on any atom is -0.336 e. The van der Waals surface area contributed by atoms with Gasteiger partial charge in [-0.05, 0) is 32.1 Å². The second-order valence-corrected chi connectivity index (χ2v) is 5.81. The van der Waals surface area contributed by atoms with Gasteiger partial charge in [-0.15, -0.1) is 0 Å². The van der Waals surface area contributed by atoms with Crippen molar-refractivity contribution in [2.45, 2.75) is 71.0 Å². The van der Waals surface area contributed by atoms with Crippen molar-refractivity contribution >= 4 is 0 Å². The third-order valence-corrected chi connectivity index (χ3v) is 4.23. The van der Waals surface area contributed by atoms with Crippen LogP contribution in [-0.2, 0) is 6.54 Å². The largest absolute Gasteiger partial charge is 0.336 e. The van der Waals surface area contributed by atoms with Crippen LogP contribution in [0.15, 0.2) is 18.7 Å². The number of hydrogen-bond donors (Lipinski definition) is 1. The lowest BCUT2D eigenvalue weighted by Crippen LogP contribution is -2.38. The van der Waals surface area contributed by atoms with Crippen molar-refractivity contribution < 1.29 is 0 Å². The van der Waals surface area contributed by atoms with E-state index in [-0.39, 0.29) is 0 Å². The Bertz CT molecular complexity index is 320. The first-order chi connectivity index (χ1) is 8.78. The van der Waals surface area contributed by atoms with Crippen LogP contribution < -0.4 is 5.32 Å². The van der Waals surface area contributed by atoms with Crippen molar-refractivity contribution in [3.8, 4) is 0 Å². The first-order valence-corrected chi connectivity index (χ1v) is 7.49. The second-order valence-electron chi connectivity index (χ2n) is 5.81. The van der Waals surface area contributed by atoms with Crippen LogP contribution >= 0.6 is 0 Å². The fourth-order valence-electron chi connectivity index (χ4n) is 3.12. The summed E-state index contributed by atoms with van der Waals surface area (Å²) in [6.07, 6.45) is 14.1. The van der Waals surface area contributed by atoms with Crippen LogP contribution in [-0.4, -0.2) is 21.6 Å². The van der Waals surface area contributed by atoms with Gasteiger partial charge in [-0.2, -0.15) is 0 Å². The van der Waals surface area contributed by atoms with E-state index in [1.54, 1.807) is 0 Å². The highest BCUT2D eigenvalue weighted by atomic mass is 15.1. The topological polar surface area (TPSA) is 29.9 Å². The molecule has 0 radical (unpaired) electrons. The van der Waals surface area contributed by atoms with Gasteiger partial charge in [0.05, 0.1) is 6.33 Å². The summed E-state index contributed by atoms with van der Waals surface area (Å²) in [4.78, 5) is 4.09. The molecule has 3 unspecified atom stereocenters. The lowest BCUT2D eigenvalue weighted by molar-refractivity contribution is 0.372. The molecule has 0 aromatic carbocycles. The predicted molar refractivity (Wildman–Crippen MR) is 75.5 cm³/mol. The van der Waals surface area contributed by atoms with Gasteiger partial charge in [0.15, 0.2) is 0 Å². The monoisotopic (exact) mass is 249 g/mol. The first kappa shape index (κ1) is 13.6. The van der Waals surface area contributed by atoms with Crippen LogP contribution in [0.3, 0.4) is 0 Å². The molecule has 1 aromatic heterocycles. The third kappa shape index (κ3) is 4.13. The quantitative estimate of drug-likeness (QED) is 0.812. The molecule has 0 amide bonds. The maximum absolute atomic E-state index is 4.09. The van der Waals surface area contributed by atoms with E-state index in [4.69, 9.17) is 0 Å². The summed E-state index contributed by atoms with van der Waals surface area (Å²) >= 11 is 0. The number of aromatic nitrogens is 2. The Morgan fingerprint density at radius 2 is 2.22 bits per heavy atom. The van der Waals surface area contributed by atoms with E-state index in [1.807, 2.05) is 18.7 Å². The lowest BCUT2D eigenvalue weighted by Gasteiger charge is -2.22. The number of nitrogens with one attached hydrogen (secondary N) is 1. The Kier molecular flexibility index (Phi) is 5.24. The molecule has 3 nitrogen and oxygen atoms in total. The summed E-state index contributed by atoms with van der Waals surface area (Å²) in [5.41, 5.74) is 0. The highest BCUT2D eigenvalue weighted by Crippen LogP contribution is 2.25. The van der Waals surface area contributed by atoms with Crippen LogP contribution in [0.1, 0.15) is 52.4 Å². The number of imidazole rings is 1. The molecule has 1 aliphatic rings. The van der Waals surface area contributed by atoms with Crippen LogP contribution in [0.4, 0.5) is 0 Å². The lowest BCUT2D eigenvalue weighted by atomic mass is 9.98. The summed E-state index contributed by atoms with van der Waals surface area (Å²) in [7, 11) is 0. The normalized spacial score (nSPS) is 26.8. The molecule has 0 spiro atoms. The molecule has 102 valence electrons. The highest BCUT2D eigenvalue weighted by Gasteiger charge is 2.18. The second kappa shape index (κ2) is 6.93. The smallest absolute Gasteiger partial charge is 0.0946 e. The summed E-state index contributed by atoms with van der Waals surface area (Å²) < 4.78 is 2.16. The molecule has 1 aliphatic carbocycles. The van der Waals surface area contributed by atoms with Gasteiger partial charge in [0.25, 0.3) is 0 Å². The molecule has 1 fully saturated rings. The average molecular weight is 249 g/mol. The average Bonchev–Trinajstić information content (AvgIpc) is 2.75. The summed E-state index contributed by atoms with van der Waals surface area (Å²) in [6.45, 7) is 5.63. The molecular formula is C15H27N3. The van der Waals surface area contributed by atoms with Crippen molar-refractivity contribution in [1.82, 2.24) is 14.9 Å². The summed E-state index contributed by atoms with van der Waals surface area (Å²) in [5.74, 6) is 0.973. The molecule has 1 aromatic rings. The Balaban J connectivity index is 1.75. The zero-order chi connectivity index (χ0) is 12.8. The van der Waals surface area contributed by atoms with E-state index in [2.05, 4.69) is 28.7 Å². The minimum absolute atomic E-state index is 0.530. The molecule has 3 heteroatoms. The van der Waals surface area contributed by atoms with Gasteiger partial charge in [0.1, 0.15) is 0 Å². The number of rotatable bonds is 5. The molecule has 0 aliphatic heterocycles.